The average molecular weight is 312 g/mol. The zero-order valence-corrected chi connectivity index (χ0v) is 14.2. The monoisotopic (exact) mass is 312 g/mol. The topological polar surface area (TPSA) is 55.8 Å². The molecule has 1 aromatic rings. The molecule has 21 heavy (non-hydrogen) atoms. The summed E-state index contributed by atoms with van der Waals surface area (Å²) in [6, 6.07) is 3.21. The van der Waals surface area contributed by atoms with Gasteiger partial charge < -0.3 is 19.1 Å². The first-order valence-electron chi connectivity index (χ1n) is 7.38. The van der Waals surface area contributed by atoms with Crippen molar-refractivity contribution in [2.45, 2.75) is 40.0 Å². The molecule has 1 heterocycles. The first-order valence-corrected chi connectivity index (χ1v) is 9.45. The van der Waals surface area contributed by atoms with Crippen LogP contribution in [0.2, 0.25) is 0 Å². The Morgan fingerprint density at radius 2 is 2.05 bits per heavy atom. The Balaban J connectivity index is 2.08. The summed E-state index contributed by atoms with van der Waals surface area (Å²) in [5.74, 6) is 1.06. The van der Waals surface area contributed by atoms with Gasteiger partial charge in [-0.05, 0) is 18.3 Å². The Morgan fingerprint density at radius 3 is 2.67 bits per heavy atom. The highest BCUT2D eigenvalue weighted by molar-refractivity contribution is 7.72. The third kappa shape index (κ3) is 3.74. The fraction of sp³-hybridized carbons (Fsp3) is 0.625. The molecule has 5 heteroatoms. The van der Waals surface area contributed by atoms with E-state index < -0.39 is 7.14 Å². The van der Waals surface area contributed by atoms with Crippen LogP contribution in [0.15, 0.2) is 12.1 Å². The quantitative estimate of drug-likeness (QED) is 0.660. The maximum atomic E-state index is 13.1. The second-order valence-corrected chi connectivity index (χ2v) is 9.83. The number of phenols is 1. The minimum Gasteiger partial charge on any atom is -0.507 e. The third-order valence-electron chi connectivity index (χ3n) is 3.80. The van der Waals surface area contributed by atoms with Crippen LogP contribution in [0.3, 0.4) is 0 Å². The number of benzene rings is 1. The van der Waals surface area contributed by atoms with Crippen molar-refractivity contribution in [3.8, 4) is 17.2 Å². The molecular formula is C16H25O4P. The first-order chi connectivity index (χ1) is 9.75. The summed E-state index contributed by atoms with van der Waals surface area (Å²) in [5, 5.41) is 10.6. The van der Waals surface area contributed by atoms with Crippen molar-refractivity contribution in [1.82, 2.24) is 0 Å². The van der Waals surface area contributed by atoms with Gasteiger partial charge in [0.05, 0.1) is 12.4 Å². The van der Waals surface area contributed by atoms with Crippen LogP contribution in [0, 0.1) is 5.41 Å². The average Bonchev–Trinajstić information content (AvgIpc) is 2.72. The summed E-state index contributed by atoms with van der Waals surface area (Å²) in [6.45, 7) is 6.63. The maximum Gasteiger partial charge on any atom is 0.158 e. The van der Waals surface area contributed by atoms with Gasteiger partial charge in [-0.25, -0.2) is 0 Å². The van der Waals surface area contributed by atoms with E-state index in [0.717, 1.165) is 19.3 Å². The Labute approximate surface area is 126 Å². The number of unbranched alkanes of at least 4 members (excludes halogenated alkanes) is 1. The minimum atomic E-state index is -2.64. The smallest absolute Gasteiger partial charge is 0.158 e. The number of fused-ring (bicyclic) bond motifs is 1. The third-order valence-corrected chi connectivity index (χ3v) is 6.65. The number of methoxy groups -OCH3 is 1. The van der Waals surface area contributed by atoms with Gasteiger partial charge in [-0.1, -0.05) is 27.2 Å². The summed E-state index contributed by atoms with van der Waals surface area (Å²) < 4.78 is 23.7. The molecule has 1 aliphatic heterocycles. The zero-order valence-electron chi connectivity index (χ0n) is 13.3. The Hall–Kier alpha value is -1.15. The SMILES string of the molecule is COc1cc(O)c2c(c1)OCP2(=O)CCCCC(C)(C)C. The predicted molar refractivity (Wildman–Crippen MR) is 85.6 cm³/mol. The molecule has 0 aromatic heterocycles. The van der Waals surface area contributed by atoms with Gasteiger partial charge in [0.2, 0.25) is 0 Å². The van der Waals surface area contributed by atoms with E-state index in [-0.39, 0.29) is 12.1 Å². The lowest BCUT2D eigenvalue weighted by atomic mass is 9.90. The van der Waals surface area contributed by atoms with Crippen LogP contribution in [-0.4, -0.2) is 24.7 Å². The van der Waals surface area contributed by atoms with Crippen molar-refractivity contribution in [2.24, 2.45) is 5.41 Å². The Bertz CT molecular complexity index is 560. The van der Waals surface area contributed by atoms with Crippen molar-refractivity contribution in [2.75, 3.05) is 19.6 Å². The summed E-state index contributed by atoms with van der Waals surface area (Å²) >= 11 is 0. The molecule has 0 aliphatic carbocycles. The molecule has 0 saturated heterocycles. The lowest BCUT2D eigenvalue weighted by molar-refractivity contribution is 0.362. The molecule has 0 spiro atoms. The fourth-order valence-corrected chi connectivity index (χ4v) is 5.22. The standard InChI is InChI=1S/C16H25O4P/c1-16(2,3)7-5-6-8-21(18)11-20-14-10-12(19-4)9-13(17)15(14)21/h9-10,17H,5-8,11H2,1-4H3. The van der Waals surface area contributed by atoms with Crippen molar-refractivity contribution >= 4 is 12.4 Å². The molecule has 0 radical (unpaired) electrons. The van der Waals surface area contributed by atoms with Gasteiger partial charge >= 0.3 is 0 Å². The molecule has 118 valence electrons. The summed E-state index contributed by atoms with van der Waals surface area (Å²) in [7, 11) is -1.11. The Morgan fingerprint density at radius 1 is 1.33 bits per heavy atom. The molecule has 0 bridgehead atoms. The summed E-state index contributed by atoms with van der Waals surface area (Å²) in [6.07, 6.45) is 3.83. The zero-order chi connectivity index (χ0) is 15.7. The van der Waals surface area contributed by atoms with E-state index in [1.165, 1.54) is 13.2 Å². The van der Waals surface area contributed by atoms with E-state index in [9.17, 15) is 9.67 Å². The van der Waals surface area contributed by atoms with E-state index in [4.69, 9.17) is 9.47 Å². The lowest BCUT2D eigenvalue weighted by Crippen LogP contribution is -2.08. The van der Waals surface area contributed by atoms with Gasteiger partial charge in [0.1, 0.15) is 23.6 Å². The van der Waals surface area contributed by atoms with E-state index in [1.807, 2.05) is 0 Å². The van der Waals surface area contributed by atoms with E-state index in [1.54, 1.807) is 6.07 Å². The number of hydrogen-bond acceptors (Lipinski definition) is 4. The molecule has 0 amide bonds. The van der Waals surface area contributed by atoms with Gasteiger partial charge in [0.15, 0.2) is 7.14 Å². The second kappa shape index (κ2) is 5.92. The molecule has 1 aliphatic rings. The van der Waals surface area contributed by atoms with Gasteiger partial charge in [0.25, 0.3) is 0 Å². The molecule has 1 unspecified atom stereocenters. The van der Waals surface area contributed by atoms with Crippen molar-refractivity contribution < 1.29 is 19.1 Å². The highest BCUT2D eigenvalue weighted by atomic mass is 31.2. The second-order valence-electron chi connectivity index (χ2n) is 6.90. The highest BCUT2D eigenvalue weighted by Crippen LogP contribution is 2.55. The van der Waals surface area contributed by atoms with E-state index >= 15 is 0 Å². The van der Waals surface area contributed by atoms with Crippen LogP contribution >= 0.6 is 7.14 Å². The number of aromatic hydroxyl groups is 1. The molecule has 1 N–H and O–H groups in total. The Kier molecular flexibility index (Phi) is 4.57. The van der Waals surface area contributed by atoms with E-state index in [0.29, 0.717) is 28.4 Å². The molecule has 2 rings (SSSR count). The van der Waals surface area contributed by atoms with Crippen LogP contribution < -0.4 is 14.8 Å². The molecule has 4 nitrogen and oxygen atoms in total. The largest absolute Gasteiger partial charge is 0.507 e. The lowest BCUT2D eigenvalue weighted by Gasteiger charge is -2.18. The van der Waals surface area contributed by atoms with Gasteiger partial charge in [0, 0.05) is 18.3 Å². The first kappa shape index (κ1) is 16.2. The number of phenolic OH excluding ortho intramolecular Hbond substituents is 1. The predicted octanol–water partition coefficient (Wildman–Crippen LogP) is 3.96. The van der Waals surface area contributed by atoms with Gasteiger partial charge in [-0.15, -0.1) is 0 Å². The van der Waals surface area contributed by atoms with Gasteiger partial charge in [-0.3, -0.25) is 0 Å². The molecule has 1 atom stereocenters. The van der Waals surface area contributed by atoms with Gasteiger partial charge in [-0.2, -0.15) is 0 Å². The van der Waals surface area contributed by atoms with Crippen LogP contribution in [-0.2, 0) is 4.57 Å². The normalized spacial score (nSPS) is 21.0. The fourth-order valence-electron chi connectivity index (χ4n) is 2.64. The molecule has 1 aromatic carbocycles. The summed E-state index contributed by atoms with van der Waals surface area (Å²) in [4.78, 5) is 0. The van der Waals surface area contributed by atoms with Crippen LogP contribution in [0.1, 0.15) is 40.0 Å². The van der Waals surface area contributed by atoms with Crippen molar-refractivity contribution in [3.63, 3.8) is 0 Å². The number of hydrogen-bond donors (Lipinski definition) is 1. The van der Waals surface area contributed by atoms with Crippen LogP contribution in [0.4, 0.5) is 0 Å². The number of rotatable bonds is 5. The summed E-state index contributed by atoms with van der Waals surface area (Å²) in [5.41, 5.74) is 0.300. The molecule has 0 fully saturated rings. The molecular weight excluding hydrogens is 287 g/mol. The van der Waals surface area contributed by atoms with Crippen LogP contribution in [0.25, 0.3) is 0 Å². The van der Waals surface area contributed by atoms with Crippen molar-refractivity contribution in [1.29, 1.82) is 0 Å². The van der Waals surface area contributed by atoms with Crippen LogP contribution in [0.5, 0.6) is 17.2 Å². The maximum absolute atomic E-state index is 13.1. The molecule has 0 saturated carbocycles. The number of ether oxygens (including phenoxy) is 2. The highest BCUT2D eigenvalue weighted by Gasteiger charge is 2.38. The van der Waals surface area contributed by atoms with Crippen molar-refractivity contribution in [3.05, 3.63) is 12.1 Å². The minimum absolute atomic E-state index is 0.0287. The van der Waals surface area contributed by atoms with E-state index in [2.05, 4.69) is 20.8 Å².